The Kier molecular flexibility index (Phi) is 5.35. The molecule has 2 atom stereocenters. The Balaban J connectivity index is 1.24. The first-order chi connectivity index (χ1) is 18.2. The van der Waals surface area contributed by atoms with Gasteiger partial charge in [0.05, 0.1) is 29.8 Å². The Hall–Kier alpha value is -4.24. The number of nitrogens with zero attached hydrogens (tertiary/aromatic N) is 7. The van der Waals surface area contributed by atoms with E-state index in [-0.39, 0.29) is 12.1 Å². The summed E-state index contributed by atoms with van der Waals surface area (Å²) >= 11 is 0. The Morgan fingerprint density at radius 1 is 0.973 bits per heavy atom. The summed E-state index contributed by atoms with van der Waals surface area (Å²) in [5.74, 6) is 1.78. The largest absolute Gasteiger partial charge is 0.370 e. The zero-order valence-electron chi connectivity index (χ0n) is 20.7. The van der Waals surface area contributed by atoms with Gasteiger partial charge in [0, 0.05) is 44.0 Å². The maximum Gasteiger partial charge on any atom is 0.134 e. The fraction of sp³-hybridized carbons (Fsp3) is 0.286. The van der Waals surface area contributed by atoms with Crippen LogP contribution >= 0.6 is 0 Å². The van der Waals surface area contributed by atoms with Crippen molar-refractivity contribution < 1.29 is 4.74 Å². The Morgan fingerprint density at radius 3 is 2.76 bits per heavy atom. The maximum absolute atomic E-state index is 6.09. The molecule has 9 nitrogen and oxygen atoms in total. The monoisotopic (exact) mass is 492 g/mol. The number of H-pyrrole nitrogens is 1. The summed E-state index contributed by atoms with van der Waals surface area (Å²) in [6, 6.07) is 18.7. The lowest BCUT2D eigenvalue weighted by atomic mass is 9.99. The van der Waals surface area contributed by atoms with Gasteiger partial charge in [-0.05, 0) is 30.2 Å². The SMILES string of the molecule is Cc1cccn2nc([C@@H]3c4nc[nH]c4CCN3c3cc(N4CCO[C@@H](c5ccccc5)C4)ncn3)cc12. The zero-order chi connectivity index (χ0) is 24.8. The number of benzene rings is 1. The molecule has 1 aromatic carbocycles. The molecule has 1 N–H and O–H groups in total. The van der Waals surface area contributed by atoms with Gasteiger partial charge in [0.25, 0.3) is 0 Å². The van der Waals surface area contributed by atoms with Crippen LogP contribution < -0.4 is 9.80 Å². The predicted octanol–water partition coefficient (Wildman–Crippen LogP) is 3.89. The van der Waals surface area contributed by atoms with Gasteiger partial charge in [-0.1, -0.05) is 36.4 Å². The molecule has 186 valence electrons. The first kappa shape index (κ1) is 22.0. The van der Waals surface area contributed by atoms with Crippen molar-refractivity contribution in [3.05, 3.63) is 102 Å². The van der Waals surface area contributed by atoms with Crippen LogP contribution in [0.25, 0.3) is 5.52 Å². The van der Waals surface area contributed by atoms with Crippen LogP contribution in [0.15, 0.2) is 73.4 Å². The van der Waals surface area contributed by atoms with Crippen LogP contribution in [-0.4, -0.2) is 55.8 Å². The van der Waals surface area contributed by atoms with E-state index in [2.05, 4.69) is 69.2 Å². The van der Waals surface area contributed by atoms with Gasteiger partial charge >= 0.3 is 0 Å². The molecule has 5 aromatic rings. The van der Waals surface area contributed by atoms with E-state index in [1.165, 1.54) is 11.1 Å². The highest BCUT2D eigenvalue weighted by molar-refractivity contribution is 5.59. The number of ether oxygens (including phenoxy) is 1. The van der Waals surface area contributed by atoms with Crippen LogP contribution in [0.1, 0.15) is 40.4 Å². The third-order valence-corrected chi connectivity index (χ3v) is 7.43. The van der Waals surface area contributed by atoms with Crippen LogP contribution in [0.5, 0.6) is 0 Å². The van der Waals surface area contributed by atoms with Gasteiger partial charge in [-0.3, -0.25) is 0 Å². The van der Waals surface area contributed by atoms with Crippen LogP contribution in [-0.2, 0) is 11.2 Å². The fourth-order valence-corrected chi connectivity index (χ4v) is 5.53. The molecular formula is C28H28N8O. The lowest BCUT2D eigenvalue weighted by molar-refractivity contribution is 0.0395. The van der Waals surface area contributed by atoms with E-state index in [1.807, 2.05) is 22.8 Å². The molecule has 0 amide bonds. The van der Waals surface area contributed by atoms with Crippen molar-refractivity contribution in [1.29, 1.82) is 0 Å². The average molecular weight is 493 g/mol. The summed E-state index contributed by atoms with van der Waals surface area (Å²) in [6.07, 6.45) is 6.33. The van der Waals surface area contributed by atoms with Gasteiger partial charge in [0.1, 0.15) is 30.1 Å². The van der Waals surface area contributed by atoms with E-state index >= 15 is 0 Å². The lowest BCUT2D eigenvalue weighted by Crippen LogP contribution is -2.40. The molecule has 1 saturated heterocycles. The van der Waals surface area contributed by atoms with E-state index in [0.29, 0.717) is 6.61 Å². The van der Waals surface area contributed by atoms with E-state index < -0.39 is 0 Å². The standard InChI is InChI=1S/C28H28N8O/c1-19-6-5-10-36-23(19)14-22(33-36)28-27-21(29-17-32-27)9-11-35(28)26-15-25(30-18-31-26)34-12-13-37-24(16-34)20-7-3-2-4-8-20/h2-8,10,14-15,17-18,24,28H,9,11-13,16H2,1H3,(H,29,32)/t24-,28-/m1/s1. The van der Waals surface area contributed by atoms with Crippen LogP contribution in [0.2, 0.25) is 0 Å². The maximum atomic E-state index is 6.09. The second-order valence-electron chi connectivity index (χ2n) is 9.65. The Bertz CT molecular complexity index is 1540. The van der Waals surface area contributed by atoms with Gasteiger partial charge in [-0.2, -0.15) is 5.10 Å². The molecule has 2 aliphatic heterocycles. The molecule has 0 aliphatic carbocycles. The molecule has 0 saturated carbocycles. The number of aromatic amines is 1. The number of pyridine rings is 1. The Labute approximate surface area is 214 Å². The quantitative estimate of drug-likeness (QED) is 0.407. The normalized spacial score (nSPS) is 19.8. The molecule has 37 heavy (non-hydrogen) atoms. The van der Waals surface area contributed by atoms with E-state index in [9.17, 15) is 0 Å². The number of aryl methyl sites for hydroxylation is 1. The van der Waals surface area contributed by atoms with Gasteiger partial charge in [0.15, 0.2) is 0 Å². The van der Waals surface area contributed by atoms with Crippen molar-refractivity contribution >= 4 is 17.2 Å². The molecule has 6 heterocycles. The lowest BCUT2D eigenvalue weighted by Gasteiger charge is -2.36. The van der Waals surface area contributed by atoms with Crippen LogP contribution in [0.3, 0.4) is 0 Å². The van der Waals surface area contributed by atoms with E-state index in [1.54, 1.807) is 12.7 Å². The molecule has 4 aromatic heterocycles. The summed E-state index contributed by atoms with van der Waals surface area (Å²) in [7, 11) is 0. The third-order valence-electron chi connectivity index (χ3n) is 7.43. The Morgan fingerprint density at radius 2 is 1.86 bits per heavy atom. The van der Waals surface area contributed by atoms with Gasteiger partial charge in [-0.25, -0.2) is 19.5 Å². The minimum absolute atomic E-state index is 0.0175. The molecular weight excluding hydrogens is 464 g/mol. The molecule has 0 radical (unpaired) electrons. The zero-order valence-corrected chi connectivity index (χ0v) is 20.7. The molecule has 1 fully saturated rings. The molecule has 9 heteroatoms. The number of fused-ring (bicyclic) bond motifs is 2. The number of hydrogen-bond acceptors (Lipinski definition) is 7. The summed E-state index contributed by atoms with van der Waals surface area (Å²) in [5, 5.41) is 4.96. The summed E-state index contributed by atoms with van der Waals surface area (Å²) in [5.41, 5.74) is 6.59. The molecule has 2 aliphatic rings. The molecule has 7 rings (SSSR count). The highest BCUT2D eigenvalue weighted by Crippen LogP contribution is 2.37. The van der Waals surface area contributed by atoms with Gasteiger partial charge < -0.3 is 19.5 Å². The van der Waals surface area contributed by atoms with Crippen molar-refractivity contribution in [3.8, 4) is 0 Å². The highest BCUT2D eigenvalue weighted by atomic mass is 16.5. The fourth-order valence-electron chi connectivity index (χ4n) is 5.53. The van der Waals surface area contributed by atoms with Gasteiger partial charge in [-0.15, -0.1) is 0 Å². The van der Waals surface area contributed by atoms with Crippen molar-refractivity contribution in [2.45, 2.75) is 25.5 Å². The van der Waals surface area contributed by atoms with Crippen molar-refractivity contribution in [1.82, 2.24) is 29.5 Å². The summed E-state index contributed by atoms with van der Waals surface area (Å²) < 4.78 is 8.04. The average Bonchev–Trinajstić information content (AvgIpc) is 3.61. The molecule has 0 unspecified atom stereocenters. The summed E-state index contributed by atoms with van der Waals surface area (Å²) in [6.45, 7) is 5.11. The van der Waals surface area contributed by atoms with Crippen LogP contribution in [0, 0.1) is 6.92 Å². The predicted molar refractivity (Wildman–Crippen MR) is 141 cm³/mol. The smallest absolute Gasteiger partial charge is 0.134 e. The topological polar surface area (TPSA) is 87.5 Å². The van der Waals surface area contributed by atoms with Crippen molar-refractivity contribution in [2.75, 3.05) is 36.0 Å². The first-order valence-corrected chi connectivity index (χ1v) is 12.7. The number of hydrogen-bond donors (Lipinski definition) is 1. The van der Waals surface area contributed by atoms with E-state index in [0.717, 1.165) is 60.3 Å². The number of aromatic nitrogens is 6. The third kappa shape index (κ3) is 3.92. The number of rotatable bonds is 4. The number of morpholine rings is 1. The molecule has 0 bridgehead atoms. The molecule has 0 spiro atoms. The minimum atomic E-state index is -0.140. The number of imidazole rings is 1. The van der Waals surface area contributed by atoms with Gasteiger partial charge in [0.2, 0.25) is 0 Å². The van der Waals surface area contributed by atoms with Crippen LogP contribution in [0.4, 0.5) is 11.6 Å². The minimum Gasteiger partial charge on any atom is -0.370 e. The van der Waals surface area contributed by atoms with Crippen molar-refractivity contribution in [3.63, 3.8) is 0 Å². The highest BCUT2D eigenvalue weighted by Gasteiger charge is 2.34. The first-order valence-electron chi connectivity index (χ1n) is 12.7. The number of anilines is 2. The van der Waals surface area contributed by atoms with Crippen molar-refractivity contribution in [2.24, 2.45) is 0 Å². The second-order valence-corrected chi connectivity index (χ2v) is 9.65. The summed E-state index contributed by atoms with van der Waals surface area (Å²) in [4.78, 5) is 22.0. The second kappa shape index (κ2) is 9.01. The van der Waals surface area contributed by atoms with E-state index in [4.69, 9.17) is 19.8 Å². The number of nitrogens with one attached hydrogen (secondary N) is 1.